The Hall–Kier alpha value is -0.330. The summed E-state index contributed by atoms with van der Waals surface area (Å²) in [4.78, 5) is 22.7. The first kappa shape index (κ1) is 25.7. The Morgan fingerprint density at radius 1 is 0.923 bits per heavy atom. The SMILES string of the molecule is CCC(C)(CCCC(=O)NCCCNC(=O)I)CCC(C)(CC)C(C)C. The van der Waals surface area contributed by atoms with Gasteiger partial charge in [0.25, 0.3) is 3.91 Å². The van der Waals surface area contributed by atoms with E-state index in [9.17, 15) is 9.59 Å². The fourth-order valence-corrected chi connectivity index (χ4v) is 3.48. The van der Waals surface area contributed by atoms with Crippen LogP contribution in [0.5, 0.6) is 0 Å². The van der Waals surface area contributed by atoms with E-state index >= 15 is 0 Å². The Balaban J connectivity index is 4.15. The molecule has 2 N–H and O–H groups in total. The lowest BCUT2D eigenvalue weighted by Gasteiger charge is -2.37. The predicted molar refractivity (Wildman–Crippen MR) is 120 cm³/mol. The number of carbonyl (C=O) groups is 2. The quantitative estimate of drug-likeness (QED) is 0.137. The summed E-state index contributed by atoms with van der Waals surface area (Å²) >= 11 is 1.72. The minimum atomic E-state index is -0.0515. The van der Waals surface area contributed by atoms with Crippen molar-refractivity contribution in [1.82, 2.24) is 10.6 Å². The lowest BCUT2D eigenvalue weighted by atomic mass is 9.68. The molecule has 0 aromatic heterocycles. The molecule has 0 aromatic rings. The number of hydrogen-bond donors (Lipinski definition) is 2. The second-order valence-electron chi connectivity index (χ2n) is 8.58. The number of amides is 2. The van der Waals surface area contributed by atoms with Gasteiger partial charge in [0.15, 0.2) is 0 Å². The van der Waals surface area contributed by atoms with E-state index < -0.39 is 0 Å². The molecule has 0 radical (unpaired) electrons. The Bertz CT molecular complexity index is 428. The van der Waals surface area contributed by atoms with E-state index in [2.05, 4.69) is 52.2 Å². The molecule has 0 aromatic carbocycles. The van der Waals surface area contributed by atoms with Gasteiger partial charge in [-0.2, -0.15) is 0 Å². The second kappa shape index (κ2) is 12.9. The number of carbonyl (C=O) groups excluding carboxylic acids is 2. The van der Waals surface area contributed by atoms with Gasteiger partial charge in [0.2, 0.25) is 5.91 Å². The van der Waals surface area contributed by atoms with Crippen LogP contribution in [0.1, 0.15) is 92.9 Å². The molecule has 2 unspecified atom stereocenters. The van der Waals surface area contributed by atoms with E-state index in [1.165, 1.54) is 25.7 Å². The number of nitrogens with one attached hydrogen (secondary N) is 2. The lowest BCUT2D eigenvalue weighted by Crippen LogP contribution is -2.28. The van der Waals surface area contributed by atoms with E-state index in [1.54, 1.807) is 22.6 Å². The summed E-state index contributed by atoms with van der Waals surface area (Å²) in [5.41, 5.74) is 0.747. The lowest BCUT2D eigenvalue weighted by molar-refractivity contribution is -0.121. The van der Waals surface area contributed by atoms with Gasteiger partial charge >= 0.3 is 0 Å². The molecule has 5 heteroatoms. The van der Waals surface area contributed by atoms with Crippen molar-refractivity contribution in [2.24, 2.45) is 16.7 Å². The fraction of sp³-hybridized carbons (Fsp3) is 0.905. The molecule has 0 aliphatic rings. The highest BCUT2D eigenvalue weighted by atomic mass is 127. The molecule has 2 atom stereocenters. The monoisotopic (exact) mass is 480 g/mol. The van der Waals surface area contributed by atoms with Crippen molar-refractivity contribution in [1.29, 1.82) is 0 Å². The highest BCUT2D eigenvalue weighted by molar-refractivity contribution is 14.1. The predicted octanol–water partition coefficient (Wildman–Crippen LogP) is 6.08. The highest BCUT2D eigenvalue weighted by Crippen LogP contribution is 2.42. The van der Waals surface area contributed by atoms with Gasteiger partial charge in [0, 0.05) is 42.1 Å². The van der Waals surface area contributed by atoms with Crippen molar-refractivity contribution in [3.63, 3.8) is 0 Å². The molecular formula is C21H41IN2O2. The Morgan fingerprint density at radius 3 is 2.04 bits per heavy atom. The minimum Gasteiger partial charge on any atom is -0.356 e. The van der Waals surface area contributed by atoms with E-state index in [4.69, 9.17) is 0 Å². The summed E-state index contributed by atoms with van der Waals surface area (Å²) in [6, 6.07) is 0. The summed E-state index contributed by atoms with van der Waals surface area (Å²) in [6.07, 6.45) is 8.34. The molecule has 4 nitrogen and oxygen atoms in total. The van der Waals surface area contributed by atoms with Crippen LogP contribution in [-0.4, -0.2) is 22.9 Å². The van der Waals surface area contributed by atoms with Gasteiger partial charge in [-0.1, -0.05) is 54.4 Å². The van der Waals surface area contributed by atoms with Gasteiger partial charge in [0.05, 0.1) is 0 Å². The maximum atomic E-state index is 12.0. The third kappa shape index (κ3) is 10.7. The van der Waals surface area contributed by atoms with Crippen LogP contribution in [0, 0.1) is 16.7 Å². The highest BCUT2D eigenvalue weighted by Gasteiger charge is 2.30. The van der Waals surface area contributed by atoms with E-state index in [0.29, 0.717) is 36.3 Å². The summed E-state index contributed by atoms with van der Waals surface area (Å²) in [6.45, 7) is 15.3. The van der Waals surface area contributed by atoms with Crippen molar-refractivity contribution in [3.8, 4) is 0 Å². The van der Waals surface area contributed by atoms with Crippen LogP contribution in [0.4, 0.5) is 4.79 Å². The molecule has 26 heavy (non-hydrogen) atoms. The smallest absolute Gasteiger partial charge is 0.280 e. The number of rotatable bonds is 14. The molecule has 0 saturated carbocycles. The second-order valence-corrected chi connectivity index (χ2v) is 9.56. The van der Waals surface area contributed by atoms with Crippen molar-refractivity contribution >= 4 is 32.4 Å². The topological polar surface area (TPSA) is 58.2 Å². The average Bonchev–Trinajstić information content (AvgIpc) is 2.59. The first-order valence-corrected chi connectivity index (χ1v) is 11.4. The molecule has 0 aliphatic heterocycles. The average molecular weight is 480 g/mol. The Morgan fingerprint density at radius 2 is 1.54 bits per heavy atom. The van der Waals surface area contributed by atoms with E-state index in [0.717, 1.165) is 19.3 Å². The van der Waals surface area contributed by atoms with E-state index in [-0.39, 0.29) is 9.82 Å². The summed E-state index contributed by atoms with van der Waals surface area (Å²) < 4.78 is -0.0515. The maximum Gasteiger partial charge on any atom is 0.280 e. The molecule has 0 aliphatic carbocycles. The largest absolute Gasteiger partial charge is 0.356 e. The molecule has 0 heterocycles. The zero-order valence-corrected chi connectivity index (χ0v) is 20.0. The van der Waals surface area contributed by atoms with E-state index in [1.807, 2.05) is 0 Å². The van der Waals surface area contributed by atoms with Gasteiger partial charge in [-0.05, 0) is 48.9 Å². The van der Waals surface area contributed by atoms with Crippen molar-refractivity contribution in [2.45, 2.75) is 92.9 Å². The third-order valence-electron chi connectivity index (χ3n) is 6.48. The molecular weight excluding hydrogens is 439 g/mol. The standard InChI is InChI=1S/C21H41IN2O2/c1-7-20(5,13-14-21(6,8-2)17(3)4)12-9-11-18(25)23-15-10-16-24-19(22)26/h17H,7-16H2,1-6H3,(H,23,25)(H,24,26). The number of halogens is 1. The van der Waals surface area contributed by atoms with Crippen molar-refractivity contribution in [2.75, 3.05) is 13.1 Å². The van der Waals surface area contributed by atoms with Gasteiger partial charge in [0.1, 0.15) is 0 Å². The molecule has 154 valence electrons. The molecule has 0 bridgehead atoms. The van der Waals surface area contributed by atoms with Crippen LogP contribution in [-0.2, 0) is 4.79 Å². The van der Waals surface area contributed by atoms with Crippen LogP contribution >= 0.6 is 22.6 Å². The number of hydrogen-bond acceptors (Lipinski definition) is 2. The zero-order valence-electron chi connectivity index (χ0n) is 17.8. The van der Waals surface area contributed by atoms with Crippen LogP contribution in [0.25, 0.3) is 0 Å². The van der Waals surface area contributed by atoms with Crippen LogP contribution in [0.3, 0.4) is 0 Å². The first-order valence-electron chi connectivity index (χ1n) is 10.3. The molecule has 0 saturated heterocycles. The Labute approximate surface area is 175 Å². The fourth-order valence-electron chi connectivity index (χ4n) is 3.21. The van der Waals surface area contributed by atoms with Gasteiger partial charge in [-0.25, -0.2) is 0 Å². The zero-order chi connectivity index (χ0) is 20.2. The normalized spacial score (nSPS) is 16.0. The van der Waals surface area contributed by atoms with Crippen LogP contribution in [0.15, 0.2) is 0 Å². The Kier molecular flexibility index (Phi) is 12.8. The van der Waals surface area contributed by atoms with Gasteiger partial charge in [-0.15, -0.1) is 0 Å². The van der Waals surface area contributed by atoms with Crippen LogP contribution < -0.4 is 10.6 Å². The van der Waals surface area contributed by atoms with Crippen molar-refractivity contribution < 1.29 is 9.59 Å². The molecule has 0 rings (SSSR count). The summed E-state index contributed by atoms with van der Waals surface area (Å²) in [7, 11) is 0. The molecule has 2 amide bonds. The van der Waals surface area contributed by atoms with Crippen molar-refractivity contribution in [3.05, 3.63) is 0 Å². The minimum absolute atomic E-state index is 0.0515. The molecule has 0 fully saturated rings. The first-order chi connectivity index (χ1) is 12.1. The summed E-state index contributed by atoms with van der Waals surface area (Å²) in [5.74, 6) is 0.834. The van der Waals surface area contributed by atoms with Crippen LogP contribution in [0.2, 0.25) is 0 Å². The maximum absolute atomic E-state index is 12.0. The summed E-state index contributed by atoms with van der Waals surface area (Å²) in [5, 5.41) is 5.67. The van der Waals surface area contributed by atoms with Gasteiger partial charge in [-0.3, -0.25) is 9.59 Å². The van der Waals surface area contributed by atoms with Gasteiger partial charge < -0.3 is 10.6 Å². The third-order valence-corrected chi connectivity index (χ3v) is 6.86. The molecule has 0 spiro atoms.